The SMILES string of the molecule is Cc1ccc(C(C)(C)CN(C)C(=O)CCc2ccccc2N)cc1.Cl. The number of hydrogen-bond acceptors (Lipinski definition) is 2. The van der Waals surface area contributed by atoms with Gasteiger partial charge in [0.25, 0.3) is 0 Å². The number of para-hydroxylation sites is 1. The monoisotopic (exact) mass is 360 g/mol. The quantitative estimate of drug-likeness (QED) is 0.777. The number of aryl methyl sites for hydroxylation is 2. The normalized spacial score (nSPS) is 10.9. The molecular formula is C21H29ClN2O. The highest BCUT2D eigenvalue weighted by Gasteiger charge is 2.24. The van der Waals surface area contributed by atoms with Crippen LogP contribution in [0.25, 0.3) is 0 Å². The Labute approximate surface area is 157 Å². The van der Waals surface area contributed by atoms with Gasteiger partial charge in [-0.1, -0.05) is 61.9 Å². The number of amides is 1. The Morgan fingerprint density at radius 1 is 1.08 bits per heavy atom. The summed E-state index contributed by atoms with van der Waals surface area (Å²) in [6, 6.07) is 16.3. The summed E-state index contributed by atoms with van der Waals surface area (Å²) in [5.74, 6) is 0.151. The standard InChI is InChI=1S/C21H28N2O.ClH/c1-16-9-12-18(13-10-16)21(2,3)15-23(4)20(24)14-11-17-7-5-6-8-19(17)22;/h5-10,12-13H,11,14-15,22H2,1-4H3;1H. The molecule has 0 bridgehead atoms. The van der Waals surface area contributed by atoms with Gasteiger partial charge in [0.05, 0.1) is 0 Å². The van der Waals surface area contributed by atoms with Crippen LogP contribution >= 0.6 is 12.4 Å². The maximum Gasteiger partial charge on any atom is 0.222 e. The van der Waals surface area contributed by atoms with Gasteiger partial charge in [0.2, 0.25) is 5.91 Å². The number of likely N-dealkylation sites (N-methyl/N-ethyl adjacent to an activating group) is 1. The maximum absolute atomic E-state index is 12.5. The molecule has 0 atom stereocenters. The van der Waals surface area contributed by atoms with E-state index in [1.165, 1.54) is 11.1 Å². The summed E-state index contributed by atoms with van der Waals surface area (Å²) in [5, 5.41) is 0. The van der Waals surface area contributed by atoms with Crippen LogP contribution in [0.4, 0.5) is 5.69 Å². The number of benzene rings is 2. The second kappa shape index (κ2) is 8.91. The van der Waals surface area contributed by atoms with Crippen LogP contribution in [-0.4, -0.2) is 24.4 Å². The number of anilines is 1. The van der Waals surface area contributed by atoms with Crippen molar-refractivity contribution in [3.63, 3.8) is 0 Å². The number of rotatable bonds is 6. The Morgan fingerprint density at radius 2 is 1.68 bits per heavy atom. The molecule has 0 aliphatic carbocycles. The molecule has 1 amide bonds. The second-order valence-electron chi connectivity index (χ2n) is 7.20. The van der Waals surface area contributed by atoms with Gasteiger partial charge in [-0.2, -0.15) is 0 Å². The van der Waals surface area contributed by atoms with E-state index in [1.54, 1.807) is 0 Å². The summed E-state index contributed by atoms with van der Waals surface area (Å²) in [4.78, 5) is 14.3. The number of nitrogens with two attached hydrogens (primary N) is 1. The van der Waals surface area contributed by atoms with Crippen molar-refractivity contribution in [2.45, 2.75) is 39.0 Å². The van der Waals surface area contributed by atoms with Crippen LogP contribution < -0.4 is 5.73 Å². The molecule has 2 N–H and O–H groups in total. The lowest BCUT2D eigenvalue weighted by Crippen LogP contribution is -2.38. The van der Waals surface area contributed by atoms with Gasteiger partial charge in [-0.3, -0.25) is 4.79 Å². The minimum Gasteiger partial charge on any atom is -0.399 e. The predicted molar refractivity (Wildman–Crippen MR) is 108 cm³/mol. The minimum absolute atomic E-state index is 0. The van der Waals surface area contributed by atoms with Crippen molar-refractivity contribution in [2.75, 3.05) is 19.3 Å². The first-order valence-corrected chi connectivity index (χ1v) is 8.44. The van der Waals surface area contributed by atoms with E-state index in [9.17, 15) is 4.79 Å². The molecule has 0 aliphatic heterocycles. The highest BCUT2D eigenvalue weighted by molar-refractivity contribution is 5.85. The van der Waals surface area contributed by atoms with E-state index < -0.39 is 0 Å². The van der Waals surface area contributed by atoms with E-state index in [4.69, 9.17) is 5.73 Å². The largest absolute Gasteiger partial charge is 0.399 e. The van der Waals surface area contributed by atoms with Crippen LogP contribution in [0.3, 0.4) is 0 Å². The Balaban J connectivity index is 0.00000312. The third-order valence-electron chi connectivity index (χ3n) is 4.55. The number of halogens is 1. The number of nitrogens with zero attached hydrogens (tertiary/aromatic N) is 1. The molecule has 2 rings (SSSR count). The van der Waals surface area contributed by atoms with Gasteiger partial charge >= 0.3 is 0 Å². The Morgan fingerprint density at radius 3 is 2.28 bits per heavy atom. The Kier molecular flexibility index (Phi) is 7.50. The second-order valence-corrected chi connectivity index (χ2v) is 7.20. The lowest BCUT2D eigenvalue weighted by atomic mass is 9.83. The highest BCUT2D eigenvalue weighted by Crippen LogP contribution is 2.25. The lowest BCUT2D eigenvalue weighted by Gasteiger charge is -2.31. The van der Waals surface area contributed by atoms with Crippen molar-refractivity contribution in [1.29, 1.82) is 0 Å². The topological polar surface area (TPSA) is 46.3 Å². The number of carbonyl (C=O) groups excluding carboxylic acids is 1. The molecule has 0 saturated carbocycles. The first-order chi connectivity index (χ1) is 11.3. The van der Waals surface area contributed by atoms with Gasteiger partial charge in [-0.25, -0.2) is 0 Å². The molecule has 0 aromatic heterocycles. The number of carbonyl (C=O) groups is 1. The van der Waals surface area contributed by atoms with Crippen molar-refractivity contribution in [2.24, 2.45) is 0 Å². The van der Waals surface area contributed by atoms with Crippen LogP contribution in [0.15, 0.2) is 48.5 Å². The molecular weight excluding hydrogens is 332 g/mol. The summed E-state index contributed by atoms with van der Waals surface area (Å²) in [5.41, 5.74) is 10.2. The summed E-state index contributed by atoms with van der Waals surface area (Å²) < 4.78 is 0. The molecule has 0 heterocycles. The number of hydrogen-bond donors (Lipinski definition) is 1. The van der Waals surface area contributed by atoms with Gasteiger partial charge in [0.1, 0.15) is 0 Å². The van der Waals surface area contributed by atoms with Crippen molar-refractivity contribution in [3.8, 4) is 0 Å². The molecule has 0 spiro atoms. The molecule has 4 heteroatoms. The Hall–Kier alpha value is -2.00. The number of nitrogen functional groups attached to an aromatic ring is 1. The molecule has 3 nitrogen and oxygen atoms in total. The summed E-state index contributed by atoms with van der Waals surface area (Å²) in [6.45, 7) is 7.13. The van der Waals surface area contributed by atoms with Gasteiger partial charge in [0.15, 0.2) is 0 Å². The van der Waals surface area contributed by atoms with Gasteiger partial charge in [-0.05, 0) is 30.5 Å². The molecule has 0 saturated heterocycles. The fourth-order valence-corrected chi connectivity index (χ4v) is 2.97. The molecule has 0 unspecified atom stereocenters. The van der Waals surface area contributed by atoms with Crippen molar-refractivity contribution in [3.05, 3.63) is 65.2 Å². The van der Waals surface area contributed by atoms with E-state index in [2.05, 4.69) is 45.0 Å². The molecule has 0 fully saturated rings. The molecule has 136 valence electrons. The first-order valence-electron chi connectivity index (χ1n) is 8.44. The van der Waals surface area contributed by atoms with E-state index >= 15 is 0 Å². The molecule has 2 aromatic carbocycles. The van der Waals surface area contributed by atoms with Crippen LogP contribution in [0.1, 0.15) is 37.0 Å². The maximum atomic E-state index is 12.5. The van der Waals surface area contributed by atoms with Crippen molar-refractivity contribution < 1.29 is 4.79 Å². The molecule has 0 radical (unpaired) electrons. The summed E-state index contributed by atoms with van der Waals surface area (Å²) in [6.07, 6.45) is 1.16. The lowest BCUT2D eigenvalue weighted by molar-refractivity contribution is -0.130. The zero-order valence-electron chi connectivity index (χ0n) is 15.6. The molecule has 25 heavy (non-hydrogen) atoms. The smallest absolute Gasteiger partial charge is 0.222 e. The zero-order valence-corrected chi connectivity index (χ0v) is 16.4. The average Bonchev–Trinajstić information content (AvgIpc) is 2.53. The minimum atomic E-state index is -0.0795. The van der Waals surface area contributed by atoms with E-state index in [0.29, 0.717) is 19.4 Å². The van der Waals surface area contributed by atoms with E-state index in [-0.39, 0.29) is 23.7 Å². The first kappa shape index (κ1) is 21.0. The van der Waals surface area contributed by atoms with E-state index in [0.717, 1.165) is 11.3 Å². The summed E-state index contributed by atoms with van der Waals surface area (Å²) >= 11 is 0. The van der Waals surface area contributed by atoms with Gasteiger partial charge in [0, 0.05) is 31.1 Å². The van der Waals surface area contributed by atoms with Crippen molar-refractivity contribution >= 4 is 24.0 Å². The average molecular weight is 361 g/mol. The molecule has 2 aromatic rings. The summed E-state index contributed by atoms with van der Waals surface area (Å²) in [7, 11) is 1.88. The van der Waals surface area contributed by atoms with Gasteiger partial charge < -0.3 is 10.6 Å². The third-order valence-corrected chi connectivity index (χ3v) is 4.55. The van der Waals surface area contributed by atoms with Crippen LogP contribution in [0, 0.1) is 6.92 Å². The van der Waals surface area contributed by atoms with Crippen molar-refractivity contribution in [1.82, 2.24) is 4.90 Å². The van der Waals surface area contributed by atoms with Crippen LogP contribution in [-0.2, 0) is 16.6 Å². The highest BCUT2D eigenvalue weighted by atomic mass is 35.5. The van der Waals surface area contributed by atoms with Crippen LogP contribution in [0.5, 0.6) is 0 Å². The molecule has 0 aliphatic rings. The third kappa shape index (κ3) is 5.79. The fraction of sp³-hybridized carbons (Fsp3) is 0.381. The Bertz CT molecular complexity index is 695. The predicted octanol–water partition coefficient (Wildman–Crippen LogP) is 4.37. The van der Waals surface area contributed by atoms with Gasteiger partial charge in [-0.15, -0.1) is 12.4 Å². The van der Waals surface area contributed by atoms with Crippen LogP contribution in [0.2, 0.25) is 0 Å². The fourth-order valence-electron chi connectivity index (χ4n) is 2.97. The zero-order chi connectivity index (χ0) is 17.7. The van der Waals surface area contributed by atoms with E-state index in [1.807, 2.05) is 36.2 Å².